The highest BCUT2D eigenvalue weighted by atomic mass is 16.5. The molecule has 2 aromatic heterocycles. The van der Waals surface area contributed by atoms with Gasteiger partial charge >= 0.3 is 11.9 Å². The van der Waals surface area contributed by atoms with Crippen molar-refractivity contribution in [3.8, 4) is 0 Å². The van der Waals surface area contributed by atoms with Crippen molar-refractivity contribution in [3.63, 3.8) is 0 Å². The molecule has 2 aliphatic rings. The maximum atomic E-state index is 11.7. The summed E-state index contributed by atoms with van der Waals surface area (Å²) in [6.07, 6.45) is 3.30. The summed E-state index contributed by atoms with van der Waals surface area (Å²) in [6, 6.07) is -0.0223. The molecule has 3 heterocycles. The number of nitrogens with one attached hydrogen (secondary N) is 1. The number of carboxylic acid groups (broad SMARTS) is 2. The molecule has 4 rings (SSSR count). The predicted octanol–water partition coefficient (Wildman–Crippen LogP) is 0.158. The molecule has 0 bridgehead atoms. The lowest BCUT2D eigenvalue weighted by atomic mass is 9.89. The molecule has 3 N–H and O–H groups in total. The van der Waals surface area contributed by atoms with E-state index in [1.54, 1.807) is 6.33 Å². The molecular formula is C15H16N4O6. The van der Waals surface area contributed by atoms with E-state index >= 15 is 0 Å². The molecule has 132 valence electrons. The highest BCUT2D eigenvalue weighted by molar-refractivity contribution is 5.84. The Hall–Kier alpha value is -2.75. The fourth-order valence-electron chi connectivity index (χ4n) is 4.11. The number of ether oxygens (including phenoxy) is 1. The number of hydrogen-bond acceptors (Lipinski definition) is 6. The SMILES string of the molecule is O=C(O)C[C@]1(C(=O)O)C[C@@H]2C[C@@H](n3cnc4c(=O)[nH]cnc43)C[C@@H]2O1. The van der Waals surface area contributed by atoms with Crippen molar-refractivity contribution in [2.24, 2.45) is 5.92 Å². The minimum absolute atomic E-state index is 0.0223. The van der Waals surface area contributed by atoms with Crippen molar-refractivity contribution in [1.82, 2.24) is 19.5 Å². The van der Waals surface area contributed by atoms with Crippen LogP contribution in [0, 0.1) is 5.92 Å². The van der Waals surface area contributed by atoms with Crippen molar-refractivity contribution in [3.05, 3.63) is 23.0 Å². The van der Waals surface area contributed by atoms with Gasteiger partial charge in [-0.3, -0.25) is 9.59 Å². The van der Waals surface area contributed by atoms with Crippen LogP contribution in [-0.2, 0) is 14.3 Å². The summed E-state index contributed by atoms with van der Waals surface area (Å²) in [4.78, 5) is 45.1. The highest BCUT2D eigenvalue weighted by Crippen LogP contribution is 2.49. The van der Waals surface area contributed by atoms with Gasteiger partial charge in [-0.25, -0.2) is 14.8 Å². The van der Waals surface area contributed by atoms with E-state index in [4.69, 9.17) is 9.84 Å². The average molecular weight is 348 g/mol. The van der Waals surface area contributed by atoms with Gasteiger partial charge in [-0.2, -0.15) is 0 Å². The van der Waals surface area contributed by atoms with Crippen molar-refractivity contribution in [2.45, 2.75) is 43.4 Å². The minimum atomic E-state index is -1.65. The molecule has 25 heavy (non-hydrogen) atoms. The molecule has 1 saturated heterocycles. The van der Waals surface area contributed by atoms with Gasteiger partial charge in [0.05, 0.1) is 25.2 Å². The van der Waals surface area contributed by atoms with Crippen LogP contribution in [0.25, 0.3) is 11.2 Å². The van der Waals surface area contributed by atoms with Crippen LogP contribution in [0.4, 0.5) is 0 Å². The number of H-pyrrole nitrogens is 1. The summed E-state index contributed by atoms with van der Waals surface area (Å²) in [5, 5.41) is 18.4. The Morgan fingerprint density at radius 1 is 1.36 bits per heavy atom. The summed E-state index contributed by atoms with van der Waals surface area (Å²) in [5.74, 6) is -2.48. The van der Waals surface area contributed by atoms with Crippen LogP contribution >= 0.6 is 0 Å². The van der Waals surface area contributed by atoms with Gasteiger partial charge in [0.1, 0.15) is 0 Å². The number of aromatic amines is 1. The van der Waals surface area contributed by atoms with Gasteiger partial charge in [0, 0.05) is 6.04 Å². The van der Waals surface area contributed by atoms with Crippen molar-refractivity contribution in [1.29, 1.82) is 0 Å². The quantitative estimate of drug-likeness (QED) is 0.707. The number of imidazole rings is 1. The topological polar surface area (TPSA) is 147 Å². The highest BCUT2D eigenvalue weighted by Gasteiger charge is 2.56. The summed E-state index contributed by atoms with van der Waals surface area (Å²) < 4.78 is 7.52. The number of aromatic nitrogens is 4. The lowest BCUT2D eigenvalue weighted by molar-refractivity contribution is -0.171. The van der Waals surface area contributed by atoms with Gasteiger partial charge < -0.3 is 24.5 Å². The van der Waals surface area contributed by atoms with Gasteiger partial charge in [-0.05, 0) is 25.2 Å². The zero-order valence-corrected chi connectivity index (χ0v) is 13.1. The van der Waals surface area contributed by atoms with E-state index in [0.29, 0.717) is 18.5 Å². The third-order valence-electron chi connectivity index (χ3n) is 5.16. The molecule has 0 amide bonds. The lowest BCUT2D eigenvalue weighted by Crippen LogP contribution is -2.41. The summed E-state index contributed by atoms with van der Waals surface area (Å²) in [7, 11) is 0. The molecule has 1 saturated carbocycles. The van der Waals surface area contributed by atoms with Crippen LogP contribution in [0.1, 0.15) is 31.7 Å². The first-order valence-corrected chi connectivity index (χ1v) is 7.93. The number of rotatable bonds is 4. The van der Waals surface area contributed by atoms with Gasteiger partial charge in [-0.15, -0.1) is 0 Å². The molecular weight excluding hydrogens is 332 g/mol. The largest absolute Gasteiger partial charge is 0.481 e. The monoisotopic (exact) mass is 348 g/mol. The minimum Gasteiger partial charge on any atom is -0.481 e. The molecule has 1 aliphatic carbocycles. The maximum Gasteiger partial charge on any atom is 0.336 e. The third-order valence-corrected chi connectivity index (χ3v) is 5.16. The van der Waals surface area contributed by atoms with Gasteiger partial charge in [0.2, 0.25) is 0 Å². The van der Waals surface area contributed by atoms with E-state index in [1.807, 2.05) is 4.57 Å². The van der Waals surface area contributed by atoms with Gasteiger partial charge in [0.15, 0.2) is 16.8 Å². The summed E-state index contributed by atoms with van der Waals surface area (Å²) >= 11 is 0. The van der Waals surface area contributed by atoms with Crippen LogP contribution in [0.15, 0.2) is 17.4 Å². The van der Waals surface area contributed by atoms with Crippen LogP contribution in [0.3, 0.4) is 0 Å². The van der Waals surface area contributed by atoms with E-state index in [-0.39, 0.29) is 35.6 Å². The van der Waals surface area contributed by atoms with Gasteiger partial charge in [0.25, 0.3) is 5.56 Å². The Balaban J connectivity index is 1.58. The Morgan fingerprint density at radius 2 is 2.16 bits per heavy atom. The van der Waals surface area contributed by atoms with E-state index in [9.17, 15) is 19.5 Å². The number of carboxylic acids is 2. The normalized spacial score (nSPS) is 31.3. The second kappa shape index (κ2) is 5.38. The average Bonchev–Trinajstić information content (AvgIpc) is 3.18. The molecule has 0 aromatic carbocycles. The number of nitrogens with zero attached hydrogens (tertiary/aromatic N) is 3. The van der Waals surface area contributed by atoms with E-state index in [2.05, 4.69) is 15.0 Å². The molecule has 2 fully saturated rings. The van der Waals surface area contributed by atoms with Crippen LogP contribution < -0.4 is 5.56 Å². The fourth-order valence-corrected chi connectivity index (χ4v) is 4.11. The Labute approximate surface area is 140 Å². The standard InChI is InChI=1S/C15H16N4O6/c20-10(21)4-15(14(23)24)3-7-1-8(2-9(7)25-15)19-6-18-11-12(19)16-5-17-13(11)22/h5-9H,1-4H2,(H,20,21)(H,23,24)(H,16,17,22)/t7-,8+,9-,15-/m0/s1. The first kappa shape index (κ1) is 15.8. The number of carbonyl (C=O) groups is 2. The molecule has 0 unspecified atom stereocenters. The summed E-state index contributed by atoms with van der Waals surface area (Å²) in [6.45, 7) is 0. The van der Waals surface area contributed by atoms with Crippen molar-refractivity contribution >= 4 is 23.1 Å². The number of hydrogen-bond donors (Lipinski definition) is 3. The number of aliphatic carboxylic acids is 2. The first-order chi connectivity index (χ1) is 11.9. The Morgan fingerprint density at radius 3 is 2.84 bits per heavy atom. The molecule has 0 radical (unpaired) electrons. The Bertz CT molecular complexity index is 904. The van der Waals surface area contributed by atoms with Crippen LogP contribution in [-0.4, -0.2) is 53.4 Å². The first-order valence-electron chi connectivity index (χ1n) is 7.93. The molecule has 0 spiro atoms. The van der Waals surface area contributed by atoms with Gasteiger partial charge in [-0.1, -0.05) is 0 Å². The zero-order chi connectivity index (χ0) is 17.8. The third kappa shape index (κ3) is 2.40. The second-order valence-electron chi connectivity index (χ2n) is 6.67. The van der Waals surface area contributed by atoms with E-state index in [0.717, 1.165) is 0 Å². The Kier molecular flexibility index (Phi) is 3.39. The van der Waals surface area contributed by atoms with Crippen molar-refractivity contribution in [2.75, 3.05) is 0 Å². The van der Waals surface area contributed by atoms with E-state index < -0.39 is 24.0 Å². The molecule has 2 aromatic rings. The van der Waals surface area contributed by atoms with Crippen LogP contribution in [0.2, 0.25) is 0 Å². The maximum absolute atomic E-state index is 11.7. The van der Waals surface area contributed by atoms with E-state index in [1.165, 1.54) is 6.33 Å². The molecule has 4 atom stereocenters. The fraction of sp³-hybridized carbons (Fsp3) is 0.533. The molecule has 10 heteroatoms. The number of fused-ring (bicyclic) bond motifs is 2. The zero-order valence-electron chi connectivity index (χ0n) is 13.1. The smallest absolute Gasteiger partial charge is 0.336 e. The predicted molar refractivity (Wildman–Crippen MR) is 82.0 cm³/mol. The lowest BCUT2D eigenvalue weighted by Gasteiger charge is -2.24. The molecule has 10 nitrogen and oxygen atoms in total. The second-order valence-corrected chi connectivity index (χ2v) is 6.67. The van der Waals surface area contributed by atoms with Crippen LogP contribution in [0.5, 0.6) is 0 Å². The summed E-state index contributed by atoms with van der Waals surface area (Å²) in [5.41, 5.74) is -1.24. The molecule has 1 aliphatic heterocycles. The van der Waals surface area contributed by atoms with Crippen molar-refractivity contribution < 1.29 is 24.5 Å².